The lowest BCUT2D eigenvalue weighted by molar-refractivity contribution is -0.123. The molecule has 0 heterocycles. The minimum atomic E-state index is -0.334. The molecule has 0 saturated heterocycles. The number of hydrogen-bond donors (Lipinski definition) is 1. The van der Waals surface area contributed by atoms with Crippen LogP contribution in [-0.4, -0.2) is 18.7 Å². The first-order valence-electron chi connectivity index (χ1n) is 10.0. The van der Waals surface area contributed by atoms with E-state index in [9.17, 15) is 4.79 Å². The molecule has 0 saturated carbocycles. The molecule has 0 radical (unpaired) electrons. The van der Waals surface area contributed by atoms with Crippen molar-refractivity contribution in [3.63, 3.8) is 0 Å². The summed E-state index contributed by atoms with van der Waals surface area (Å²) < 4.78 is 11.3. The maximum atomic E-state index is 11.9. The number of rotatable bonds is 9. The highest BCUT2D eigenvalue weighted by atomic mass is 35.5. The third-order valence-electron chi connectivity index (χ3n) is 4.50. The molecule has 1 amide bonds. The maximum absolute atomic E-state index is 11.9. The Morgan fingerprint density at radius 1 is 1.00 bits per heavy atom. The van der Waals surface area contributed by atoms with E-state index in [1.54, 1.807) is 6.21 Å². The van der Waals surface area contributed by atoms with Crippen molar-refractivity contribution in [2.45, 2.75) is 26.4 Å². The quantitative estimate of drug-likeness (QED) is 0.352. The third kappa shape index (κ3) is 7.46. The van der Waals surface area contributed by atoms with Gasteiger partial charge in [0.15, 0.2) is 6.61 Å². The molecular weight excluding hydrogens is 412 g/mol. The van der Waals surface area contributed by atoms with Gasteiger partial charge in [0, 0.05) is 5.02 Å². The van der Waals surface area contributed by atoms with Gasteiger partial charge in [-0.25, -0.2) is 5.43 Å². The van der Waals surface area contributed by atoms with E-state index in [-0.39, 0.29) is 12.5 Å². The van der Waals surface area contributed by atoms with Crippen molar-refractivity contribution < 1.29 is 14.3 Å². The predicted octanol–water partition coefficient (Wildman–Crippen LogP) is 5.57. The molecular formula is C25H25ClN2O3. The van der Waals surface area contributed by atoms with Crippen molar-refractivity contribution in [3.05, 3.63) is 94.5 Å². The van der Waals surface area contributed by atoms with Crippen LogP contribution in [0.5, 0.6) is 11.5 Å². The summed E-state index contributed by atoms with van der Waals surface area (Å²) in [6.45, 7) is 4.58. The number of halogens is 1. The van der Waals surface area contributed by atoms with Gasteiger partial charge in [-0.05, 0) is 59.0 Å². The summed E-state index contributed by atoms with van der Waals surface area (Å²) in [5, 5.41) is 4.68. The fraction of sp³-hybridized carbons (Fsp3) is 0.200. The number of nitrogens with zero attached hydrogens (tertiary/aromatic N) is 1. The molecule has 1 N–H and O–H groups in total. The van der Waals surface area contributed by atoms with Crippen molar-refractivity contribution in [2.75, 3.05) is 6.61 Å². The zero-order valence-corrected chi connectivity index (χ0v) is 18.3. The Kier molecular flexibility index (Phi) is 8.07. The highest BCUT2D eigenvalue weighted by molar-refractivity contribution is 6.30. The molecule has 0 aliphatic rings. The Hall–Kier alpha value is -3.31. The Bertz CT molecular complexity index is 1020. The number of benzene rings is 3. The lowest BCUT2D eigenvalue weighted by Crippen LogP contribution is -2.24. The Morgan fingerprint density at radius 2 is 1.74 bits per heavy atom. The predicted molar refractivity (Wildman–Crippen MR) is 124 cm³/mol. The summed E-state index contributed by atoms with van der Waals surface area (Å²) in [5.41, 5.74) is 5.52. The zero-order chi connectivity index (χ0) is 22.1. The molecule has 0 aliphatic heterocycles. The van der Waals surface area contributed by atoms with Crippen LogP contribution in [0.25, 0.3) is 0 Å². The summed E-state index contributed by atoms with van der Waals surface area (Å²) in [6.07, 6.45) is 1.56. The van der Waals surface area contributed by atoms with Gasteiger partial charge in [-0.1, -0.05) is 61.8 Å². The van der Waals surface area contributed by atoms with Gasteiger partial charge >= 0.3 is 0 Å². The second-order valence-corrected chi connectivity index (χ2v) is 7.73. The van der Waals surface area contributed by atoms with Gasteiger partial charge in [0.1, 0.15) is 18.1 Å². The highest BCUT2D eigenvalue weighted by Gasteiger charge is 2.03. The van der Waals surface area contributed by atoms with Gasteiger partial charge in [0.25, 0.3) is 5.91 Å². The number of nitrogens with one attached hydrogen (secondary N) is 1. The molecule has 0 aromatic heterocycles. The molecule has 0 atom stereocenters. The minimum Gasteiger partial charge on any atom is -0.489 e. The van der Waals surface area contributed by atoms with E-state index in [1.807, 2.05) is 72.8 Å². The molecule has 0 fully saturated rings. The number of hydrazone groups is 1. The first-order valence-corrected chi connectivity index (χ1v) is 10.4. The molecule has 5 nitrogen and oxygen atoms in total. The second-order valence-electron chi connectivity index (χ2n) is 7.29. The molecule has 0 spiro atoms. The van der Waals surface area contributed by atoms with E-state index >= 15 is 0 Å². The summed E-state index contributed by atoms with van der Waals surface area (Å²) in [5.74, 6) is 1.47. The summed E-state index contributed by atoms with van der Waals surface area (Å²) >= 11 is 5.89. The monoisotopic (exact) mass is 436 g/mol. The first-order chi connectivity index (χ1) is 15.0. The maximum Gasteiger partial charge on any atom is 0.277 e. The van der Waals surface area contributed by atoms with Crippen LogP contribution in [0.2, 0.25) is 5.02 Å². The number of ether oxygens (including phenoxy) is 2. The van der Waals surface area contributed by atoms with E-state index in [0.29, 0.717) is 29.0 Å². The Labute approximate surface area is 187 Å². The van der Waals surface area contributed by atoms with Crippen molar-refractivity contribution in [1.29, 1.82) is 0 Å². The molecule has 31 heavy (non-hydrogen) atoms. The normalized spacial score (nSPS) is 11.0. The average molecular weight is 437 g/mol. The fourth-order valence-corrected chi connectivity index (χ4v) is 2.87. The van der Waals surface area contributed by atoms with Gasteiger partial charge in [-0.2, -0.15) is 5.10 Å². The highest BCUT2D eigenvalue weighted by Crippen LogP contribution is 2.18. The van der Waals surface area contributed by atoms with Gasteiger partial charge in [-0.3, -0.25) is 4.79 Å². The molecule has 0 aliphatic carbocycles. The van der Waals surface area contributed by atoms with Crippen LogP contribution >= 0.6 is 11.6 Å². The lowest BCUT2D eigenvalue weighted by Gasteiger charge is -2.08. The van der Waals surface area contributed by atoms with Crippen molar-refractivity contribution in [3.8, 4) is 11.5 Å². The number of amides is 1. The summed E-state index contributed by atoms with van der Waals surface area (Å²) in [7, 11) is 0. The van der Waals surface area contributed by atoms with Crippen LogP contribution in [0.1, 0.15) is 36.5 Å². The fourth-order valence-electron chi connectivity index (χ4n) is 2.74. The van der Waals surface area contributed by atoms with Crippen LogP contribution in [0.4, 0.5) is 0 Å². The van der Waals surface area contributed by atoms with Gasteiger partial charge in [0.2, 0.25) is 0 Å². The van der Waals surface area contributed by atoms with E-state index < -0.39 is 0 Å². The van der Waals surface area contributed by atoms with E-state index in [2.05, 4.69) is 24.4 Å². The van der Waals surface area contributed by atoms with Crippen LogP contribution in [0, 0.1) is 0 Å². The molecule has 160 valence electrons. The van der Waals surface area contributed by atoms with Gasteiger partial charge < -0.3 is 9.47 Å². The number of hydrogen-bond acceptors (Lipinski definition) is 4. The van der Waals surface area contributed by atoms with Crippen molar-refractivity contribution in [1.82, 2.24) is 5.43 Å². The Balaban J connectivity index is 1.45. The van der Waals surface area contributed by atoms with E-state index in [0.717, 1.165) is 11.1 Å². The van der Waals surface area contributed by atoms with Crippen LogP contribution in [0.15, 0.2) is 77.9 Å². The molecule has 3 aromatic rings. The molecule has 6 heteroatoms. The minimum absolute atomic E-state index is 0.109. The standard InChI is InChI=1S/C25H25ClN2O3/c1-18(2)21-8-12-23(13-9-21)31-17-25(29)28-27-15-20-4-3-5-24(14-20)30-16-19-6-10-22(26)11-7-19/h3-15,18H,16-17H2,1-2H3,(H,28,29)/b27-15-. The van der Waals surface area contributed by atoms with Crippen LogP contribution < -0.4 is 14.9 Å². The van der Waals surface area contributed by atoms with Crippen molar-refractivity contribution >= 4 is 23.7 Å². The van der Waals surface area contributed by atoms with Gasteiger partial charge in [0.05, 0.1) is 6.21 Å². The lowest BCUT2D eigenvalue weighted by atomic mass is 10.0. The smallest absolute Gasteiger partial charge is 0.277 e. The zero-order valence-electron chi connectivity index (χ0n) is 17.5. The number of carbonyl (C=O) groups is 1. The molecule has 3 rings (SSSR count). The van der Waals surface area contributed by atoms with Crippen LogP contribution in [-0.2, 0) is 11.4 Å². The SMILES string of the molecule is CC(C)c1ccc(OCC(=O)N/N=C\c2cccc(OCc3ccc(Cl)cc3)c2)cc1. The molecule has 3 aromatic carbocycles. The Morgan fingerprint density at radius 3 is 2.45 bits per heavy atom. The second kappa shape index (κ2) is 11.2. The topological polar surface area (TPSA) is 59.9 Å². The largest absolute Gasteiger partial charge is 0.489 e. The van der Waals surface area contributed by atoms with Crippen LogP contribution in [0.3, 0.4) is 0 Å². The third-order valence-corrected chi connectivity index (χ3v) is 4.75. The molecule has 0 unspecified atom stereocenters. The van der Waals surface area contributed by atoms with Crippen molar-refractivity contribution in [2.24, 2.45) is 5.10 Å². The first kappa shape index (κ1) is 22.4. The van der Waals surface area contributed by atoms with E-state index in [4.69, 9.17) is 21.1 Å². The number of carbonyl (C=O) groups excluding carboxylic acids is 1. The van der Waals surface area contributed by atoms with E-state index in [1.165, 1.54) is 5.56 Å². The summed E-state index contributed by atoms with van der Waals surface area (Å²) in [6, 6.07) is 22.7. The average Bonchev–Trinajstić information content (AvgIpc) is 2.78. The summed E-state index contributed by atoms with van der Waals surface area (Å²) in [4.78, 5) is 11.9. The molecule has 0 bridgehead atoms. The van der Waals surface area contributed by atoms with Gasteiger partial charge in [-0.15, -0.1) is 0 Å².